The van der Waals surface area contributed by atoms with Gasteiger partial charge in [0.15, 0.2) is 16.6 Å². The van der Waals surface area contributed by atoms with E-state index in [2.05, 4.69) is 51.8 Å². The van der Waals surface area contributed by atoms with Gasteiger partial charge in [-0.2, -0.15) is 0 Å². The second-order valence-corrected chi connectivity index (χ2v) is 15.1. The van der Waals surface area contributed by atoms with Crippen molar-refractivity contribution in [1.29, 1.82) is 0 Å². The van der Waals surface area contributed by atoms with Crippen molar-refractivity contribution in [3.05, 3.63) is 12.2 Å². The van der Waals surface area contributed by atoms with Crippen LogP contribution in [0.4, 0.5) is 0 Å². The van der Waals surface area contributed by atoms with Gasteiger partial charge in [-0.25, -0.2) is 0 Å². The summed E-state index contributed by atoms with van der Waals surface area (Å²) >= 11 is 0. The molecular weight excluding hydrogens is 228 g/mol. The Bertz CT molecular complexity index is 204. The monoisotopic (exact) mass is 258 g/mol. The molecule has 0 aromatic rings. The summed E-state index contributed by atoms with van der Waals surface area (Å²) in [4.78, 5) is 0. The molecule has 96 valence electrons. The van der Waals surface area contributed by atoms with Crippen LogP contribution in [-0.2, 0) is 4.12 Å². The first-order chi connectivity index (χ1) is 7.27. The van der Waals surface area contributed by atoms with Crippen molar-refractivity contribution in [2.45, 2.75) is 71.4 Å². The standard InChI is InChI=1S/C13H30OSi2/c1-7-8-9-10-11-12-13-16(5,6)14-15(2,3)4/h11-12H,7-10,13H2,1-6H3. The van der Waals surface area contributed by atoms with E-state index in [-0.39, 0.29) is 0 Å². The van der Waals surface area contributed by atoms with Gasteiger partial charge >= 0.3 is 0 Å². The molecule has 0 saturated heterocycles. The molecule has 16 heavy (non-hydrogen) atoms. The van der Waals surface area contributed by atoms with Gasteiger partial charge in [-0.15, -0.1) is 0 Å². The summed E-state index contributed by atoms with van der Waals surface area (Å²) in [6, 6.07) is 1.17. The van der Waals surface area contributed by atoms with Crippen LogP contribution in [0.1, 0.15) is 32.6 Å². The Hall–Kier alpha value is 0.134. The summed E-state index contributed by atoms with van der Waals surface area (Å²) in [5.74, 6) is 0. The maximum atomic E-state index is 6.28. The normalized spacial score (nSPS) is 13.6. The van der Waals surface area contributed by atoms with Gasteiger partial charge in [-0.3, -0.25) is 0 Å². The Kier molecular flexibility index (Phi) is 7.52. The smallest absolute Gasteiger partial charge is 0.177 e. The third kappa shape index (κ3) is 10.6. The predicted molar refractivity (Wildman–Crippen MR) is 80.0 cm³/mol. The van der Waals surface area contributed by atoms with Gasteiger partial charge in [0.1, 0.15) is 0 Å². The van der Waals surface area contributed by atoms with Crippen molar-refractivity contribution in [2.24, 2.45) is 0 Å². The highest BCUT2D eigenvalue weighted by Crippen LogP contribution is 2.18. The summed E-state index contributed by atoms with van der Waals surface area (Å²) in [6.45, 7) is 13.8. The Morgan fingerprint density at radius 1 is 0.938 bits per heavy atom. The topological polar surface area (TPSA) is 9.23 Å². The minimum Gasteiger partial charge on any atom is -0.455 e. The van der Waals surface area contributed by atoms with Crippen LogP contribution in [0.3, 0.4) is 0 Å². The number of rotatable bonds is 8. The van der Waals surface area contributed by atoms with Gasteiger partial charge in [0.25, 0.3) is 0 Å². The number of allylic oxidation sites excluding steroid dienone is 2. The van der Waals surface area contributed by atoms with E-state index in [4.69, 9.17) is 4.12 Å². The minimum atomic E-state index is -1.43. The molecule has 1 nitrogen and oxygen atoms in total. The molecule has 3 heteroatoms. The van der Waals surface area contributed by atoms with Crippen LogP contribution in [-0.4, -0.2) is 16.6 Å². The summed E-state index contributed by atoms with van der Waals surface area (Å²) < 4.78 is 6.28. The molecule has 0 fully saturated rings. The van der Waals surface area contributed by atoms with Gasteiger partial charge in [0.2, 0.25) is 0 Å². The van der Waals surface area contributed by atoms with E-state index in [1.54, 1.807) is 0 Å². The molecule has 0 heterocycles. The maximum absolute atomic E-state index is 6.28. The van der Waals surface area contributed by atoms with E-state index in [1.165, 1.54) is 31.7 Å². The summed E-state index contributed by atoms with van der Waals surface area (Å²) in [7, 11) is -2.78. The predicted octanol–water partition coefficient (Wildman–Crippen LogP) is 5.18. The van der Waals surface area contributed by atoms with Crippen LogP contribution in [0, 0.1) is 0 Å². The lowest BCUT2D eigenvalue weighted by molar-refractivity contribution is 0.553. The van der Waals surface area contributed by atoms with Crippen molar-refractivity contribution in [1.82, 2.24) is 0 Å². The molecule has 0 atom stereocenters. The fourth-order valence-corrected chi connectivity index (χ4v) is 9.57. The highest BCUT2D eigenvalue weighted by atomic mass is 28.4. The molecule has 0 aliphatic carbocycles. The van der Waals surface area contributed by atoms with Crippen molar-refractivity contribution >= 4 is 16.6 Å². The first kappa shape index (κ1) is 16.1. The van der Waals surface area contributed by atoms with Gasteiger partial charge < -0.3 is 4.12 Å². The lowest BCUT2D eigenvalue weighted by atomic mass is 10.2. The summed E-state index contributed by atoms with van der Waals surface area (Å²) in [6.07, 6.45) is 9.94. The van der Waals surface area contributed by atoms with Gasteiger partial charge in [0, 0.05) is 0 Å². The van der Waals surface area contributed by atoms with Gasteiger partial charge in [0.05, 0.1) is 0 Å². The number of hydrogen-bond donors (Lipinski definition) is 0. The van der Waals surface area contributed by atoms with Crippen LogP contribution in [0.25, 0.3) is 0 Å². The molecule has 0 saturated carbocycles. The first-order valence-electron chi connectivity index (χ1n) is 6.62. The van der Waals surface area contributed by atoms with E-state index in [1.807, 2.05) is 0 Å². The van der Waals surface area contributed by atoms with E-state index in [9.17, 15) is 0 Å². The zero-order valence-electron chi connectivity index (χ0n) is 12.1. The summed E-state index contributed by atoms with van der Waals surface area (Å²) in [5, 5.41) is 0. The molecule has 0 amide bonds. The van der Waals surface area contributed by atoms with Crippen LogP contribution >= 0.6 is 0 Å². The number of unbranched alkanes of at least 4 members (excludes halogenated alkanes) is 3. The maximum Gasteiger partial charge on any atom is 0.177 e. The van der Waals surface area contributed by atoms with Gasteiger partial charge in [-0.1, -0.05) is 31.9 Å². The van der Waals surface area contributed by atoms with Crippen molar-refractivity contribution < 1.29 is 4.12 Å². The lowest BCUT2D eigenvalue weighted by Crippen LogP contribution is -2.41. The zero-order valence-corrected chi connectivity index (χ0v) is 14.1. The Morgan fingerprint density at radius 2 is 1.56 bits per heavy atom. The van der Waals surface area contributed by atoms with E-state index in [0.717, 1.165) is 0 Å². The van der Waals surface area contributed by atoms with E-state index in [0.29, 0.717) is 0 Å². The SMILES string of the molecule is CCCCCC=CC[Si](C)(C)O[Si](C)(C)C. The first-order valence-corrected chi connectivity index (χ1v) is 13.1. The lowest BCUT2D eigenvalue weighted by Gasteiger charge is -2.30. The molecule has 0 N–H and O–H groups in total. The Labute approximate surface area is 105 Å². The second kappa shape index (κ2) is 7.46. The fourth-order valence-electron chi connectivity index (χ4n) is 1.87. The van der Waals surface area contributed by atoms with Crippen LogP contribution in [0.2, 0.25) is 38.8 Å². The third-order valence-electron chi connectivity index (χ3n) is 2.33. The van der Waals surface area contributed by atoms with Crippen LogP contribution in [0.15, 0.2) is 12.2 Å². The molecule has 0 radical (unpaired) electrons. The third-order valence-corrected chi connectivity index (χ3v) is 8.21. The molecule has 0 aliphatic rings. The summed E-state index contributed by atoms with van der Waals surface area (Å²) in [5.41, 5.74) is 0. The van der Waals surface area contributed by atoms with Gasteiger partial charge in [-0.05, 0) is 51.6 Å². The van der Waals surface area contributed by atoms with Crippen molar-refractivity contribution in [2.75, 3.05) is 0 Å². The fraction of sp³-hybridized carbons (Fsp3) is 0.846. The number of hydrogen-bond acceptors (Lipinski definition) is 1. The van der Waals surface area contributed by atoms with Crippen LogP contribution < -0.4 is 0 Å². The quantitative estimate of drug-likeness (QED) is 0.331. The second-order valence-electron chi connectivity index (χ2n) is 6.15. The Morgan fingerprint density at radius 3 is 2.06 bits per heavy atom. The molecule has 0 rings (SSSR count). The molecule has 0 aromatic carbocycles. The highest BCUT2D eigenvalue weighted by Gasteiger charge is 2.28. The molecule has 0 aromatic heterocycles. The van der Waals surface area contributed by atoms with Crippen molar-refractivity contribution in [3.63, 3.8) is 0 Å². The average Bonchev–Trinajstić information content (AvgIpc) is 2.06. The van der Waals surface area contributed by atoms with Crippen LogP contribution in [0.5, 0.6) is 0 Å². The molecular formula is C13H30OSi2. The molecule has 0 unspecified atom stereocenters. The van der Waals surface area contributed by atoms with E-state index < -0.39 is 16.6 Å². The molecule has 0 bridgehead atoms. The van der Waals surface area contributed by atoms with E-state index >= 15 is 0 Å². The zero-order chi connectivity index (χ0) is 12.7. The average molecular weight is 259 g/mol. The molecule has 0 aliphatic heterocycles. The Balaban J connectivity index is 3.81. The largest absolute Gasteiger partial charge is 0.455 e. The molecule has 0 spiro atoms. The van der Waals surface area contributed by atoms with Crippen molar-refractivity contribution in [3.8, 4) is 0 Å². The minimum absolute atomic E-state index is 1.17. The highest BCUT2D eigenvalue weighted by molar-refractivity contribution is 6.84.